The maximum atomic E-state index is 12.1. The molecule has 8 nitrogen and oxygen atoms in total. The number of benzene rings is 1. The minimum atomic E-state index is -3.67. The van der Waals surface area contributed by atoms with E-state index in [-0.39, 0.29) is 10.8 Å². The maximum absolute atomic E-state index is 12.1. The topological polar surface area (TPSA) is 109 Å². The minimum Gasteiger partial charge on any atom is -0.356 e. The smallest absolute Gasteiger partial charge is 0.238 e. The van der Waals surface area contributed by atoms with Crippen LogP contribution in [0.4, 0.5) is 5.13 Å². The van der Waals surface area contributed by atoms with Crippen LogP contribution in [0.15, 0.2) is 40.7 Å². The van der Waals surface area contributed by atoms with Crippen LogP contribution in [-0.2, 0) is 21.2 Å². The molecule has 0 unspecified atom stereocenters. The van der Waals surface area contributed by atoms with Gasteiger partial charge in [-0.05, 0) is 37.1 Å². The van der Waals surface area contributed by atoms with Crippen LogP contribution in [0.5, 0.6) is 0 Å². The van der Waals surface area contributed by atoms with Crippen molar-refractivity contribution in [2.45, 2.75) is 24.2 Å². The zero-order valence-corrected chi connectivity index (χ0v) is 17.9. The molecule has 0 saturated carbocycles. The Labute approximate surface area is 175 Å². The molecular weight excluding hydrogens is 410 g/mol. The SMILES string of the molecule is NS(=O)(=O)c1ccc(CCNC(=O)CCN2CCCN(c3nccs3)CC2)cc1. The summed E-state index contributed by atoms with van der Waals surface area (Å²) in [5.41, 5.74) is 0.951. The normalized spacial score (nSPS) is 15.8. The number of amides is 1. The number of hydrogen-bond acceptors (Lipinski definition) is 7. The van der Waals surface area contributed by atoms with Crippen molar-refractivity contribution in [2.24, 2.45) is 5.14 Å². The van der Waals surface area contributed by atoms with Crippen LogP contribution in [0.1, 0.15) is 18.4 Å². The molecule has 1 aromatic carbocycles. The Balaban J connectivity index is 1.35. The number of primary sulfonamides is 1. The van der Waals surface area contributed by atoms with E-state index in [2.05, 4.69) is 20.1 Å². The number of rotatable bonds is 8. The van der Waals surface area contributed by atoms with E-state index in [4.69, 9.17) is 5.14 Å². The van der Waals surface area contributed by atoms with E-state index < -0.39 is 10.0 Å². The summed E-state index contributed by atoms with van der Waals surface area (Å²) in [6.45, 7) is 5.13. The Morgan fingerprint density at radius 1 is 1.17 bits per heavy atom. The molecular formula is C19H27N5O3S2. The van der Waals surface area contributed by atoms with Crippen molar-refractivity contribution in [3.63, 3.8) is 0 Å². The molecule has 10 heteroatoms. The number of thiazole rings is 1. The van der Waals surface area contributed by atoms with Crippen LogP contribution in [0.3, 0.4) is 0 Å². The first kappa shape index (κ1) is 21.7. The highest BCUT2D eigenvalue weighted by Crippen LogP contribution is 2.19. The van der Waals surface area contributed by atoms with Gasteiger partial charge < -0.3 is 15.1 Å². The number of nitrogens with two attached hydrogens (primary N) is 1. The number of aromatic nitrogens is 1. The van der Waals surface area contributed by atoms with E-state index >= 15 is 0 Å². The van der Waals surface area contributed by atoms with Crippen LogP contribution in [0, 0.1) is 0 Å². The first-order valence-electron chi connectivity index (χ1n) is 9.67. The molecule has 0 bridgehead atoms. The van der Waals surface area contributed by atoms with Crippen LogP contribution in [0.25, 0.3) is 0 Å². The summed E-state index contributed by atoms with van der Waals surface area (Å²) in [6.07, 6.45) is 4.02. The van der Waals surface area contributed by atoms with Gasteiger partial charge in [-0.25, -0.2) is 18.5 Å². The fourth-order valence-corrected chi connectivity index (χ4v) is 4.51. The van der Waals surface area contributed by atoms with Crippen molar-refractivity contribution in [2.75, 3.05) is 44.2 Å². The highest BCUT2D eigenvalue weighted by Gasteiger charge is 2.17. The van der Waals surface area contributed by atoms with Gasteiger partial charge in [0.2, 0.25) is 15.9 Å². The predicted octanol–water partition coefficient (Wildman–Crippen LogP) is 1.05. The number of carbonyl (C=O) groups is 1. The average Bonchev–Trinajstić information content (AvgIpc) is 3.12. The van der Waals surface area contributed by atoms with Gasteiger partial charge >= 0.3 is 0 Å². The molecule has 1 aliphatic heterocycles. The number of carbonyl (C=O) groups excluding carboxylic acids is 1. The monoisotopic (exact) mass is 437 g/mol. The lowest BCUT2D eigenvalue weighted by Crippen LogP contribution is -2.34. The summed E-state index contributed by atoms with van der Waals surface area (Å²) < 4.78 is 22.5. The first-order valence-corrected chi connectivity index (χ1v) is 12.1. The molecule has 2 aromatic rings. The minimum absolute atomic E-state index is 0.0344. The number of nitrogens with one attached hydrogen (secondary N) is 1. The molecule has 0 spiro atoms. The molecule has 158 valence electrons. The van der Waals surface area contributed by atoms with E-state index in [0.717, 1.165) is 49.8 Å². The Bertz CT molecular complexity index is 885. The molecule has 1 aliphatic rings. The van der Waals surface area contributed by atoms with Gasteiger partial charge in [0, 0.05) is 50.7 Å². The molecule has 1 saturated heterocycles. The molecule has 1 amide bonds. The number of sulfonamides is 1. The molecule has 0 atom stereocenters. The van der Waals surface area contributed by atoms with E-state index in [1.807, 2.05) is 11.6 Å². The number of hydrogen-bond donors (Lipinski definition) is 2. The number of nitrogens with zero attached hydrogens (tertiary/aromatic N) is 3. The fourth-order valence-electron chi connectivity index (χ4n) is 3.30. The Morgan fingerprint density at radius 2 is 1.97 bits per heavy atom. The van der Waals surface area contributed by atoms with Gasteiger partial charge in [0.25, 0.3) is 0 Å². The molecule has 0 radical (unpaired) electrons. The van der Waals surface area contributed by atoms with Gasteiger partial charge in [0.15, 0.2) is 5.13 Å². The predicted molar refractivity (Wildman–Crippen MR) is 115 cm³/mol. The zero-order valence-electron chi connectivity index (χ0n) is 16.3. The highest BCUT2D eigenvalue weighted by atomic mass is 32.2. The lowest BCUT2D eigenvalue weighted by atomic mass is 10.1. The summed E-state index contributed by atoms with van der Waals surface area (Å²) in [5, 5.41) is 11.1. The Kier molecular flexibility index (Phi) is 7.59. The van der Waals surface area contributed by atoms with E-state index in [0.29, 0.717) is 19.4 Å². The first-order chi connectivity index (χ1) is 13.9. The molecule has 3 N–H and O–H groups in total. The molecule has 1 fully saturated rings. The summed E-state index contributed by atoms with van der Waals surface area (Å²) in [7, 11) is -3.67. The lowest BCUT2D eigenvalue weighted by molar-refractivity contribution is -0.121. The van der Waals surface area contributed by atoms with Crippen LogP contribution < -0.4 is 15.4 Å². The van der Waals surface area contributed by atoms with Gasteiger partial charge in [-0.15, -0.1) is 11.3 Å². The number of anilines is 1. The Morgan fingerprint density at radius 3 is 2.66 bits per heavy atom. The van der Waals surface area contributed by atoms with Crippen molar-refractivity contribution >= 4 is 32.4 Å². The zero-order chi connectivity index (χ0) is 20.7. The second-order valence-electron chi connectivity index (χ2n) is 7.04. The van der Waals surface area contributed by atoms with Crippen molar-refractivity contribution in [1.29, 1.82) is 0 Å². The lowest BCUT2D eigenvalue weighted by Gasteiger charge is -2.21. The largest absolute Gasteiger partial charge is 0.356 e. The Hall–Kier alpha value is -2.01. The molecule has 1 aromatic heterocycles. The molecule has 29 heavy (non-hydrogen) atoms. The van der Waals surface area contributed by atoms with Gasteiger partial charge in [0.05, 0.1) is 4.90 Å². The van der Waals surface area contributed by atoms with Crippen molar-refractivity contribution in [3.05, 3.63) is 41.4 Å². The van der Waals surface area contributed by atoms with E-state index in [1.165, 1.54) is 12.1 Å². The second-order valence-corrected chi connectivity index (χ2v) is 9.47. The summed E-state index contributed by atoms with van der Waals surface area (Å²) in [6, 6.07) is 6.41. The standard InChI is InChI=1S/C19H27N5O3S2/c20-29(26,27)17-4-2-16(3-5-17)6-8-21-18(25)7-12-23-10-1-11-24(14-13-23)19-22-9-15-28-19/h2-5,9,15H,1,6-8,10-14H2,(H,21,25)(H2,20,26,27). The van der Waals surface area contributed by atoms with Gasteiger partial charge in [-0.1, -0.05) is 12.1 Å². The third-order valence-corrected chi connectivity index (χ3v) is 6.68. The average molecular weight is 438 g/mol. The van der Waals surface area contributed by atoms with Gasteiger partial charge in [0.1, 0.15) is 0 Å². The molecule has 3 rings (SSSR count). The third-order valence-electron chi connectivity index (χ3n) is 4.92. The quantitative estimate of drug-likeness (QED) is 0.639. The van der Waals surface area contributed by atoms with Crippen LogP contribution in [-0.4, -0.2) is 63.5 Å². The van der Waals surface area contributed by atoms with Crippen molar-refractivity contribution in [1.82, 2.24) is 15.2 Å². The molecule has 0 aliphatic carbocycles. The summed E-state index contributed by atoms with van der Waals surface area (Å²) in [4.78, 5) is 21.3. The van der Waals surface area contributed by atoms with E-state index in [1.54, 1.807) is 23.5 Å². The van der Waals surface area contributed by atoms with Gasteiger partial charge in [-0.2, -0.15) is 0 Å². The highest BCUT2D eigenvalue weighted by molar-refractivity contribution is 7.89. The van der Waals surface area contributed by atoms with Crippen molar-refractivity contribution in [3.8, 4) is 0 Å². The van der Waals surface area contributed by atoms with Crippen LogP contribution >= 0.6 is 11.3 Å². The summed E-state index contributed by atoms with van der Waals surface area (Å²) >= 11 is 1.66. The summed E-state index contributed by atoms with van der Waals surface area (Å²) in [5.74, 6) is 0.0344. The van der Waals surface area contributed by atoms with E-state index in [9.17, 15) is 13.2 Å². The van der Waals surface area contributed by atoms with Gasteiger partial charge in [-0.3, -0.25) is 4.79 Å². The third kappa shape index (κ3) is 6.77. The maximum Gasteiger partial charge on any atom is 0.238 e. The second kappa shape index (κ2) is 10.1. The fraction of sp³-hybridized carbons (Fsp3) is 0.474. The van der Waals surface area contributed by atoms with Crippen molar-refractivity contribution < 1.29 is 13.2 Å². The van der Waals surface area contributed by atoms with Crippen LogP contribution in [0.2, 0.25) is 0 Å². The molecule has 2 heterocycles.